The topological polar surface area (TPSA) is 36.0 Å². The fourth-order valence-corrected chi connectivity index (χ4v) is 0.691. The Kier molecular flexibility index (Phi) is 2.29. The number of aromatic amines is 1. The van der Waals surface area contributed by atoms with Gasteiger partial charge in [-0.15, -0.1) is 0 Å². The third-order valence-corrected chi connectivity index (χ3v) is 1.19. The first-order valence-electron chi connectivity index (χ1n) is 3.28. The first-order valence-corrected chi connectivity index (χ1v) is 3.28. The summed E-state index contributed by atoms with van der Waals surface area (Å²) in [6.45, 7) is 1.73. The Bertz CT molecular complexity index is 199. The van der Waals surface area contributed by atoms with Crippen LogP contribution in [-0.4, -0.2) is 16.2 Å². The molecule has 0 spiro atoms. The molecule has 1 atom stereocenters. The number of aliphatic hydroxyl groups excluding tert-OH is 1. The Morgan fingerprint density at radius 1 is 1.70 bits per heavy atom. The largest absolute Gasteiger partial charge is 0.389 e. The van der Waals surface area contributed by atoms with E-state index in [1.54, 1.807) is 13.0 Å². The van der Waals surface area contributed by atoms with Gasteiger partial charge >= 0.3 is 0 Å². The van der Waals surface area contributed by atoms with E-state index in [1.165, 1.54) is 0 Å². The third-order valence-electron chi connectivity index (χ3n) is 1.19. The fourth-order valence-electron chi connectivity index (χ4n) is 0.691. The van der Waals surface area contributed by atoms with Gasteiger partial charge in [-0.1, -0.05) is 12.2 Å². The van der Waals surface area contributed by atoms with Gasteiger partial charge in [-0.05, 0) is 18.6 Å². The van der Waals surface area contributed by atoms with Crippen LogP contribution < -0.4 is 0 Å². The van der Waals surface area contributed by atoms with Crippen molar-refractivity contribution >= 4 is 6.08 Å². The van der Waals surface area contributed by atoms with Crippen LogP contribution in [0.2, 0.25) is 0 Å². The van der Waals surface area contributed by atoms with E-state index in [0.717, 1.165) is 5.56 Å². The predicted octanol–water partition coefficient (Wildman–Crippen LogP) is 1.41. The van der Waals surface area contributed by atoms with Crippen molar-refractivity contribution in [2.75, 3.05) is 0 Å². The van der Waals surface area contributed by atoms with E-state index in [-0.39, 0.29) is 6.10 Å². The van der Waals surface area contributed by atoms with Crippen molar-refractivity contribution in [3.05, 3.63) is 30.1 Å². The number of aromatic nitrogens is 1. The number of nitrogens with one attached hydrogen (secondary N) is 1. The van der Waals surface area contributed by atoms with Gasteiger partial charge in [0, 0.05) is 12.4 Å². The van der Waals surface area contributed by atoms with Gasteiger partial charge in [0.2, 0.25) is 0 Å². The van der Waals surface area contributed by atoms with Crippen molar-refractivity contribution in [3.8, 4) is 0 Å². The van der Waals surface area contributed by atoms with Gasteiger partial charge < -0.3 is 10.1 Å². The van der Waals surface area contributed by atoms with Gasteiger partial charge in [0.1, 0.15) is 0 Å². The summed E-state index contributed by atoms with van der Waals surface area (Å²) < 4.78 is 0. The highest BCUT2D eigenvalue weighted by atomic mass is 16.3. The number of aliphatic hydroxyl groups is 1. The summed E-state index contributed by atoms with van der Waals surface area (Å²) in [7, 11) is 0. The molecule has 1 rings (SSSR count). The zero-order valence-electron chi connectivity index (χ0n) is 5.91. The number of rotatable bonds is 2. The van der Waals surface area contributed by atoms with Crippen LogP contribution in [0.25, 0.3) is 6.08 Å². The van der Waals surface area contributed by atoms with Gasteiger partial charge in [-0.2, -0.15) is 0 Å². The summed E-state index contributed by atoms with van der Waals surface area (Å²) >= 11 is 0. The van der Waals surface area contributed by atoms with Crippen molar-refractivity contribution < 1.29 is 5.11 Å². The van der Waals surface area contributed by atoms with Crippen LogP contribution in [0.4, 0.5) is 0 Å². The van der Waals surface area contributed by atoms with Crippen molar-refractivity contribution in [2.45, 2.75) is 13.0 Å². The van der Waals surface area contributed by atoms with Crippen LogP contribution in [0.5, 0.6) is 0 Å². The van der Waals surface area contributed by atoms with Crippen LogP contribution in [0.3, 0.4) is 0 Å². The summed E-state index contributed by atoms with van der Waals surface area (Å²) in [6.07, 6.45) is 6.97. The first-order chi connectivity index (χ1) is 4.79. The van der Waals surface area contributed by atoms with E-state index in [2.05, 4.69) is 4.98 Å². The molecule has 1 aromatic rings. The summed E-state index contributed by atoms with van der Waals surface area (Å²) in [5.41, 5.74) is 1.08. The van der Waals surface area contributed by atoms with Crippen molar-refractivity contribution in [1.29, 1.82) is 0 Å². The normalized spacial score (nSPS) is 14.2. The van der Waals surface area contributed by atoms with Gasteiger partial charge in [-0.25, -0.2) is 0 Å². The predicted molar refractivity (Wildman–Crippen MR) is 41.5 cm³/mol. The lowest BCUT2D eigenvalue weighted by molar-refractivity contribution is 0.245. The molecule has 1 aromatic heterocycles. The highest BCUT2D eigenvalue weighted by molar-refractivity contribution is 5.47. The molecule has 0 fully saturated rings. The lowest BCUT2D eigenvalue weighted by atomic mass is 10.3. The molecular formula is C8H11NO. The Labute approximate surface area is 60.2 Å². The zero-order valence-corrected chi connectivity index (χ0v) is 5.91. The molecule has 54 valence electrons. The second-order valence-corrected chi connectivity index (χ2v) is 2.24. The quantitative estimate of drug-likeness (QED) is 0.635. The Morgan fingerprint density at radius 2 is 2.50 bits per heavy atom. The maximum Gasteiger partial charge on any atom is 0.0696 e. The van der Waals surface area contributed by atoms with Gasteiger partial charge in [0.25, 0.3) is 0 Å². The van der Waals surface area contributed by atoms with Crippen molar-refractivity contribution in [1.82, 2.24) is 4.98 Å². The van der Waals surface area contributed by atoms with Crippen LogP contribution >= 0.6 is 0 Å². The third kappa shape index (κ3) is 2.07. The Balaban J connectivity index is 2.55. The van der Waals surface area contributed by atoms with Crippen LogP contribution in [0, 0.1) is 0 Å². The highest BCUT2D eigenvalue weighted by Crippen LogP contribution is 1.99. The summed E-state index contributed by atoms with van der Waals surface area (Å²) in [5, 5.41) is 8.85. The summed E-state index contributed by atoms with van der Waals surface area (Å²) in [4.78, 5) is 2.92. The van der Waals surface area contributed by atoms with E-state index in [9.17, 15) is 0 Å². The molecule has 10 heavy (non-hydrogen) atoms. The summed E-state index contributed by atoms with van der Waals surface area (Å²) in [6, 6.07) is 1.94. The molecule has 0 aliphatic carbocycles. The molecule has 0 saturated heterocycles. The molecule has 0 aliphatic heterocycles. The second kappa shape index (κ2) is 3.22. The monoisotopic (exact) mass is 137 g/mol. The molecule has 2 nitrogen and oxygen atoms in total. The summed E-state index contributed by atoms with van der Waals surface area (Å²) in [5.74, 6) is 0. The van der Waals surface area contributed by atoms with E-state index in [4.69, 9.17) is 5.11 Å². The molecule has 1 unspecified atom stereocenters. The van der Waals surface area contributed by atoms with Gasteiger partial charge in [-0.3, -0.25) is 0 Å². The molecule has 1 heterocycles. The molecule has 0 radical (unpaired) electrons. The Hall–Kier alpha value is -1.02. The number of hydrogen-bond donors (Lipinski definition) is 2. The van der Waals surface area contributed by atoms with E-state index in [1.807, 2.05) is 24.5 Å². The maximum absolute atomic E-state index is 8.85. The van der Waals surface area contributed by atoms with E-state index < -0.39 is 0 Å². The van der Waals surface area contributed by atoms with Crippen LogP contribution in [0.15, 0.2) is 24.5 Å². The van der Waals surface area contributed by atoms with Crippen LogP contribution in [-0.2, 0) is 0 Å². The van der Waals surface area contributed by atoms with E-state index >= 15 is 0 Å². The molecule has 0 aliphatic rings. The maximum atomic E-state index is 8.85. The molecular weight excluding hydrogens is 126 g/mol. The SMILES string of the molecule is CC(O)/C=C/c1cc[nH]c1. The standard InChI is InChI=1S/C8H11NO/c1-7(10)2-3-8-4-5-9-6-8/h2-7,9-10H,1H3/b3-2+. The first kappa shape index (κ1) is 7.09. The average Bonchev–Trinajstić information content (AvgIpc) is 2.34. The van der Waals surface area contributed by atoms with Crippen LogP contribution in [0.1, 0.15) is 12.5 Å². The minimum Gasteiger partial charge on any atom is -0.389 e. The van der Waals surface area contributed by atoms with Crippen molar-refractivity contribution in [3.63, 3.8) is 0 Å². The Morgan fingerprint density at radius 3 is 3.00 bits per heavy atom. The van der Waals surface area contributed by atoms with Gasteiger partial charge in [0.15, 0.2) is 0 Å². The minimum atomic E-state index is -0.366. The number of H-pyrrole nitrogens is 1. The van der Waals surface area contributed by atoms with Gasteiger partial charge in [0.05, 0.1) is 6.10 Å². The lowest BCUT2D eigenvalue weighted by Gasteiger charge is -1.90. The molecule has 0 aromatic carbocycles. The molecule has 2 N–H and O–H groups in total. The molecule has 0 saturated carbocycles. The smallest absolute Gasteiger partial charge is 0.0696 e. The highest BCUT2D eigenvalue weighted by Gasteiger charge is 1.86. The fraction of sp³-hybridized carbons (Fsp3) is 0.250. The molecule has 2 heteroatoms. The lowest BCUT2D eigenvalue weighted by Crippen LogP contribution is -1.90. The number of hydrogen-bond acceptors (Lipinski definition) is 1. The zero-order chi connectivity index (χ0) is 7.40. The molecule has 0 bridgehead atoms. The van der Waals surface area contributed by atoms with E-state index in [0.29, 0.717) is 0 Å². The van der Waals surface area contributed by atoms with Crippen molar-refractivity contribution in [2.24, 2.45) is 0 Å². The minimum absolute atomic E-state index is 0.366. The molecule has 0 amide bonds. The average molecular weight is 137 g/mol. The second-order valence-electron chi connectivity index (χ2n) is 2.24.